The van der Waals surface area contributed by atoms with Gasteiger partial charge in [0.2, 0.25) is 5.91 Å². The first kappa shape index (κ1) is 14.0. The van der Waals surface area contributed by atoms with E-state index in [0.717, 1.165) is 31.0 Å². The zero-order valence-corrected chi connectivity index (χ0v) is 11.8. The molecule has 1 heterocycles. The predicted octanol–water partition coefficient (Wildman–Crippen LogP) is 3.05. The van der Waals surface area contributed by atoms with Gasteiger partial charge in [-0.25, -0.2) is 0 Å². The van der Waals surface area contributed by atoms with Gasteiger partial charge in [0.1, 0.15) is 0 Å². The molecule has 104 valence electrons. The van der Waals surface area contributed by atoms with Gasteiger partial charge in [-0.15, -0.1) is 0 Å². The van der Waals surface area contributed by atoms with Crippen LogP contribution in [0.15, 0.2) is 24.4 Å². The monoisotopic (exact) mass is 260 g/mol. The van der Waals surface area contributed by atoms with Crippen LogP contribution in [-0.4, -0.2) is 29.4 Å². The van der Waals surface area contributed by atoms with E-state index >= 15 is 0 Å². The zero-order valence-electron chi connectivity index (χ0n) is 11.8. The Kier molecular flexibility index (Phi) is 5.37. The average molecular weight is 260 g/mol. The lowest BCUT2D eigenvalue weighted by Gasteiger charge is -2.18. The number of pyridine rings is 1. The Morgan fingerprint density at radius 2 is 2.16 bits per heavy atom. The van der Waals surface area contributed by atoms with Crippen molar-refractivity contribution in [2.24, 2.45) is 5.92 Å². The SMILES string of the molecule is CN(CCc1ccccn1)C(=O)CCC1CCCC1. The van der Waals surface area contributed by atoms with Crippen LogP contribution in [0.1, 0.15) is 44.2 Å². The highest BCUT2D eigenvalue weighted by atomic mass is 16.2. The Labute approximate surface area is 116 Å². The van der Waals surface area contributed by atoms with E-state index in [4.69, 9.17) is 0 Å². The predicted molar refractivity (Wildman–Crippen MR) is 76.8 cm³/mol. The lowest BCUT2D eigenvalue weighted by molar-refractivity contribution is -0.130. The summed E-state index contributed by atoms with van der Waals surface area (Å²) in [5.74, 6) is 1.08. The molecule has 0 N–H and O–H groups in total. The van der Waals surface area contributed by atoms with Gasteiger partial charge in [0.25, 0.3) is 0 Å². The van der Waals surface area contributed by atoms with Gasteiger partial charge in [-0.3, -0.25) is 9.78 Å². The molecule has 1 fully saturated rings. The van der Waals surface area contributed by atoms with Crippen molar-refractivity contribution in [3.8, 4) is 0 Å². The second kappa shape index (κ2) is 7.27. The summed E-state index contributed by atoms with van der Waals surface area (Å²) in [5, 5.41) is 0. The molecule has 3 heteroatoms. The van der Waals surface area contributed by atoms with Gasteiger partial charge >= 0.3 is 0 Å². The Balaban J connectivity index is 1.67. The molecule has 1 aromatic heterocycles. The molecule has 3 nitrogen and oxygen atoms in total. The first-order valence-corrected chi connectivity index (χ1v) is 7.39. The molecule has 0 radical (unpaired) electrons. The molecular weight excluding hydrogens is 236 g/mol. The molecular formula is C16H24N2O. The minimum Gasteiger partial charge on any atom is -0.345 e. The lowest BCUT2D eigenvalue weighted by Crippen LogP contribution is -2.29. The van der Waals surface area contributed by atoms with Crippen LogP contribution in [0.5, 0.6) is 0 Å². The van der Waals surface area contributed by atoms with Crippen molar-refractivity contribution < 1.29 is 4.79 Å². The molecule has 2 rings (SSSR count). The lowest BCUT2D eigenvalue weighted by atomic mass is 10.0. The quantitative estimate of drug-likeness (QED) is 0.787. The van der Waals surface area contributed by atoms with Crippen LogP contribution >= 0.6 is 0 Å². The van der Waals surface area contributed by atoms with Crippen LogP contribution in [0.4, 0.5) is 0 Å². The topological polar surface area (TPSA) is 33.2 Å². The summed E-state index contributed by atoms with van der Waals surface area (Å²) in [4.78, 5) is 18.2. The van der Waals surface area contributed by atoms with Crippen LogP contribution in [0.25, 0.3) is 0 Å². The Bertz CT molecular complexity index is 385. The van der Waals surface area contributed by atoms with Gasteiger partial charge in [-0.2, -0.15) is 0 Å². The number of aromatic nitrogens is 1. The van der Waals surface area contributed by atoms with Crippen molar-refractivity contribution in [3.05, 3.63) is 30.1 Å². The van der Waals surface area contributed by atoms with E-state index in [2.05, 4.69) is 4.98 Å². The average Bonchev–Trinajstić information content (AvgIpc) is 2.96. The van der Waals surface area contributed by atoms with Gasteiger partial charge in [0.05, 0.1) is 0 Å². The minimum atomic E-state index is 0.280. The number of hydrogen-bond donors (Lipinski definition) is 0. The van der Waals surface area contributed by atoms with Crippen LogP contribution in [0.3, 0.4) is 0 Å². The zero-order chi connectivity index (χ0) is 13.5. The minimum absolute atomic E-state index is 0.280. The standard InChI is InChI=1S/C16H24N2O/c1-18(13-11-15-8-4-5-12-17-15)16(19)10-9-14-6-2-3-7-14/h4-5,8,12,14H,2-3,6-7,9-11,13H2,1H3. The third-order valence-electron chi connectivity index (χ3n) is 4.10. The summed E-state index contributed by atoms with van der Waals surface area (Å²) in [6.45, 7) is 0.764. The van der Waals surface area contributed by atoms with Crippen LogP contribution in [0, 0.1) is 5.92 Å². The first-order valence-electron chi connectivity index (χ1n) is 7.39. The normalized spacial score (nSPS) is 15.6. The molecule has 0 saturated heterocycles. The molecule has 0 atom stereocenters. The van der Waals surface area contributed by atoms with E-state index in [0.29, 0.717) is 6.42 Å². The van der Waals surface area contributed by atoms with E-state index in [1.165, 1.54) is 25.7 Å². The van der Waals surface area contributed by atoms with E-state index < -0.39 is 0 Å². The van der Waals surface area contributed by atoms with Crippen molar-refractivity contribution in [2.45, 2.75) is 44.9 Å². The molecule has 1 amide bonds. The fourth-order valence-electron chi connectivity index (χ4n) is 2.77. The summed E-state index contributed by atoms with van der Waals surface area (Å²) in [6, 6.07) is 5.92. The van der Waals surface area contributed by atoms with Crippen molar-refractivity contribution in [1.82, 2.24) is 9.88 Å². The molecule has 1 saturated carbocycles. The third-order valence-corrected chi connectivity index (χ3v) is 4.10. The Hall–Kier alpha value is -1.38. The fourth-order valence-corrected chi connectivity index (χ4v) is 2.77. The highest BCUT2D eigenvalue weighted by Gasteiger charge is 2.17. The number of carbonyl (C=O) groups excluding carboxylic acids is 1. The van der Waals surface area contributed by atoms with Gasteiger partial charge in [0.15, 0.2) is 0 Å². The fraction of sp³-hybridized carbons (Fsp3) is 0.625. The number of likely N-dealkylation sites (N-methyl/N-ethyl adjacent to an activating group) is 1. The Morgan fingerprint density at radius 1 is 1.37 bits per heavy atom. The largest absolute Gasteiger partial charge is 0.345 e. The van der Waals surface area contributed by atoms with Gasteiger partial charge in [-0.1, -0.05) is 31.7 Å². The van der Waals surface area contributed by atoms with E-state index in [1.807, 2.05) is 30.1 Å². The van der Waals surface area contributed by atoms with Crippen molar-refractivity contribution in [3.63, 3.8) is 0 Å². The third kappa shape index (κ3) is 4.66. The van der Waals surface area contributed by atoms with E-state index in [1.54, 1.807) is 6.20 Å². The molecule has 0 aliphatic heterocycles. The van der Waals surface area contributed by atoms with Crippen LogP contribution in [0.2, 0.25) is 0 Å². The first-order chi connectivity index (χ1) is 9.25. The van der Waals surface area contributed by atoms with Gasteiger partial charge < -0.3 is 4.90 Å². The smallest absolute Gasteiger partial charge is 0.222 e. The molecule has 19 heavy (non-hydrogen) atoms. The molecule has 0 bridgehead atoms. The maximum atomic E-state index is 12.0. The number of nitrogens with zero attached hydrogens (tertiary/aromatic N) is 2. The van der Waals surface area contributed by atoms with Gasteiger partial charge in [-0.05, 0) is 24.5 Å². The highest BCUT2D eigenvalue weighted by Crippen LogP contribution is 2.28. The number of carbonyl (C=O) groups is 1. The maximum absolute atomic E-state index is 12.0. The van der Waals surface area contributed by atoms with Crippen molar-refractivity contribution in [1.29, 1.82) is 0 Å². The Morgan fingerprint density at radius 3 is 2.84 bits per heavy atom. The molecule has 0 unspecified atom stereocenters. The van der Waals surface area contributed by atoms with Crippen LogP contribution in [-0.2, 0) is 11.2 Å². The second-order valence-electron chi connectivity index (χ2n) is 5.58. The molecule has 0 aromatic carbocycles. The summed E-state index contributed by atoms with van der Waals surface area (Å²) in [6.07, 6.45) is 9.79. The molecule has 1 aliphatic carbocycles. The molecule has 1 aliphatic rings. The molecule has 0 spiro atoms. The van der Waals surface area contributed by atoms with E-state index in [9.17, 15) is 4.79 Å². The summed E-state index contributed by atoms with van der Waals surface area (Å²) in [5.41, 5.74) is 1.05. The van der Waals surface area contributed by atoms with Gasteiger partial charge in [0, 0.05) is 38.3 Å². The second-order valence-corrected chi connectivity index (χ2v) is 5.58. The number of hydrogen-bond acceptors (Lipinski definition) is 2. The van der Waals surface area contributed by atoms with Crippen LogP contribution < -0.4 is 0 Å². The number of amides is 1. The number of rotatable bonds is 6. The summed E-state index contributed by atoms with van der Waals surface area (Å²) < 4.78 is 0. The van der Waals surface area contributed by atoms with Crippen molar-refractivity contribution >= 4 is 5.91 Å². The highest BCUT2D eigenvalue weighted by molar-refractivity contribution is 5.75. The van der Waals surface area contributed by atoms with Crippen molar-refractivity contribution in [2.75, 3.05) is 13.6 Å². The van der Waals surface area contributed by atoms with E-state index in [-0.39, 0.29) is 5.91 Å². The maximum Gasteiger partial charge on any atom is 0.222 e. The molecule has 1 aromatic rings. The summed E-state index contributed by atoms with van der Waals surface area (Å²) in [7, 11) is 1.90. The summed E-state index contributed by atoms with van der Waals surface area (Å²) >= 11 is 0.